The summed E-state index contributed by atoms with van der Waals surface area (Å²) in [4.78, 5) is 28.9. The number of aliphatic hydroxyl groups excluding tert-OH is 2. The summed E-state index contributed by atoms with van der Waals surface area (Å²) in [5.74, 6) is 1.95. The van der Waals surface area contributed by atoms with Crippen molar-refractivity contribution >= 4 is 24.4 Å². The lowest BCUT2D eigenvalue weighted by Crippen LogP contribution is -2.34. The fourth-order valence-electron chi connectivity index (χ4n) is 5.31. The highest BCUT2D eigenvalue weighted by molar-refractivity contribution is 7.51. The molecule has 3 fully saturated rings. The number of hydrogen-bond acceptors (Lipinski definition) is 9. The van der Waals surface area contributed by atoms with Crippen LogP contribution in [0.4, 0.5) is 5.82 Å². The monoisotopic (exact) mass is 479 g/mol. The quantitative estimate of drug-likeness (QED) is 0.420. The number of aromatic nitrogens is 3. The summed E-state index contributed by atoms with van der Waals surface area (Å²) in [7, 11) is -4.37. The third-order valence-electron chi connectivity index (χ3n) is 6.83. The van der Waals surface area contributed by atoms with Gasteiger partial charge in [-0.3, -0.25) is 4.57 Å². The second-order valence-corrected chi connectivity index (χ2v) is 10.6. The number of rotatable bonds is 6. The molecule has 178 valence electrons. The predicted molar refractivity (Wildman–Crippen MR) is 114 cm³/mol. The first-order chi connectivity index (χ1) is 15.7. The van der Waals surface area contributed by atoms with Crippen molar-refractivity contribution in [1.29, 1.82) is 5.26 Å². The Morgan fingerprint density at radius 1 is 1.21 bits per heavy atom. The number of fused-ring (bicyclic) bond motifs is 2. The third-order valence-corrected chi connectivity index (χ3v) is 7.35. The zero-order valence-electron chi connectivity index (χ0n) is 17.8. The molecule has 12 nitrogen and oxygen atoms in total. The molecule has 0 radical (unpaired) electrons. The molecule has 13 heteroatoms. The standard InChI is InChI=1S/C20H26N5O7P/c21-6-15-22-18(24-7-11-2-1-3-12(11)8-24)13-4-5-25(19(13)23-15)20-17(27)16(26)14(32-20)9-31-10-33(28,29)30/h4-5,11-12,14,16-17,20,26-27H,1-3,7-10H2,(H2,28,29,30)/t11?,12?,14?,16-,17-,20-/m1/s1. The minimum Gasteiger partial charge on any atom is -0.387 e. The van der Waals surface area contributed by atoms with Gasteiger partial charge in [0.1, 0.15) is 42.2 Å². The van der Waals surface area contributed by atoms with Gasteiger partial charge in [0.2, 0.25) is 5.82 Å². The van der Waals surface area contributed by atoms with Crippen LogP contribution in [0.3, 0.4) is 0 Å². The Morgan fingerprint density at radius 3 is 2.61 bits per heavy atom. The molecule has 6 atom stereocenters. The molecular formula is C20H26N5O7P. The smallest absolute Gasteiger partial charge is 0.350 e. The zero-order valence-corrected chi connectivity index (χ0v) is 18.7. The largest absolute Gasteiger partial charge is 0.387 e. The normalized spacial score (nSPS) is 31.9. The maximum absolute atomic E-state index is 11.0. The molecular weight excluding hydrogens is 453 g/mol. The molecule has 4 heterocycles. The molecule has 0 bridgehead atoms. The Balaban J connectivity index is 1.42. The number of anilines is 1. The van der Waals surface area contributed by atoms with Crippen LogP contribution in [0.1, 0.15) is 31.3 Å². The van der Waals surface area contributed by atoms with Gasteiger partial charge in [0, 0.05) is 19.3 Å². The Bertz CT molecular complexity index is 1120. The van der Waals surface area contributed by atoms with Gasteiger partial charge in [0.05, 0.1) is 12.0 Å². The molecule has 0 amide bonds. The van der Waals surface area contributed by atoms with E-state index < -0.39 is 38.5 Å². The number of nitrogens with zero attached hydrogens (tertiary/aromatic N) is 5. The van der Waals surface area contributed by atoms with E-state index in [1.54, 1.807) is 16.8 Å². The first-order valence-electron chi connectivity index (χ1n) is 10.9. The molecule has 3 aliphatic rings. The summed E-state index contributed by atoms with van der Waals surface area (Å²) in [5.41, 5.74) is 0.404. The van der Waals surface area contributed by atoms with Crippen molar-refractivity contribution in [3.05, 3.63) is 18.1 Å². The molecule has 33 heavy (non-hydrogen) atoms. The molecule has 1 aliphatic carbocycles. The number of nitriles is 1. The van der Waals surface area contributed by atoms with E-state index in [1.165, 1.54) is 19.3 Å². The van der Waals surface area contributed by atoms with Gasteiger partial charge >= 0.3 is 7.60 Å². The summed E-state index contributed by atoms with van der Waals surface area (Å²) >= 11 is 0. The molecule has 2 saturated heterocycles. The van der Waals surface area contributed by atoms with Crippen LogP contribution >= 0.6 is 7.60 Å². The van der Waals surface area contributed by atoms with Crippen LogP contribution in [-0.4, -0.2) is 78.9 Å². The summed E-state index contributed by atoms with van der Waals surface area (Å²) in [6.45, 7) is 1.46. The molecule has 4 N–H and O–H groups in total. The summed E-state index contributed by atoms with van der Waals surface area (Å²) in [6.07, 6.45) is -0.177. The first-order valence-corrected chi connectivity index (χ1v) is 12.7. The van der Waals surface area contributed by atoms with Gasteiger partial charge in [-0.05, 0) is 30.7 Å². The van der Waals surface area contributed by atoms with Crippen molar-refractivity contribution in [2.24, 2.45) is 11.8 Å². The van der Waals surface area contributed by atoms with Gasteiger partial charge in [-0.25, -0.2) is 9.97 Å². The van der Waals surface area contributed by atoms with Crippen molar-refractivity contribution in [2.75, 3.05) is 30.9 Å². The third kappa shape index (κ3) is 4.26. The number of hydrogen-bond donors (Lipinski definition) is 4. The van der Waals surface area contributed by atoms with Crippen molar-refractivity contribution in [1.82, 2.24) is 14.5 Å². The van der Waals surface area contributed by atoms with Gasteiger partial charge < -0.3 is 38.9 Å². The van der Waals surface area contributed by atoms with Crippen molar-refractivity contribution in [3.8, 4) is 6.07 Å². The van der Waals surface area contributed by atoms with Gasteiger partial charge in [-0.1, -0.05) is 6.42 Å². The Labute approximate surface area is 189 Å². The number of aliphatic hydroxyl groups is 2. The van der Waals surface area contributed by atoms with Crippen LogP contribution in [0.25, 0.3) is 11.0 Å². The predicted octanol–water partition coefficient (Wildman–Crippen LogP) is 0.310. The fraction of sp³-hybridized carbons (Fsp3) is 0.650. The second kappa shape index (κ2) is 8.60. The SMILES string of the molecule is N#Cc1nc(N2CC3CCCC3C2)c2ccn([C@@H]3OC(COCP(=O)(O)O)[C@@H](O)[C@H]3O)c2n1. The minimum absolute atomic E-state index is 0.00377. The van der Waals surface area contributed by atoms with E-state index in [2.05, 4.69) is 14.9 Å². The molecule has 2 aromatic rings. The van der Waals surface area contributed by atoms with Crippen LogP contribution < -0.4 is 4.90 Å². The van der Waals surface area contributed by atoms with E-state index in [1.807, 2.05) is 6.07 Å². The van der Waals surface area contributed by atoms with Crippen LogP contribution in [0, 0.1) is 23.2 Å². The maximum Gasteiger partial charge on any atom is 0.350 e. The van der Waals surface area contributed by atoms with Gasteiger partial charge in [0.15, 0.2) is 6.23 Å². The van der Waals surface area contributed by atoms with Crippen molar-refractivity contribution in [2.45, 2.75) is 43.8 Å². The van der Waals surface area contributed by atoms with Gasteiger partial charge in [-0.2, -0.15) is 5.26 Å². The topological polar surface area (TPSA) is 174 Å². The van der Waals surface area contributed by atoms with E-state index in [9.17, 15) is 20.0 Å². The number of ether oxygens (including phenoxy) is 2. The zero-order chi connectivity index (χ0) is 23.3. The van der Waals surface area contributed by atoms with Gasteiger partial charge in [0.25, 0.3) is 0 Å². The highest BCUT2D eigenvalue weighted by Crippen LogP contribution is 2.41. The average Bonchev–Trinajstić information content (AvgIpc) is 3.52. The summed E-state index contributed by atoms with van der Waals surface area (Å²) in [5, 5.41) is 31.2. The Morgan fingerprint density at radius 2 is 1.94 bits per heavy atom. The molecule has 1 saturated carbocycles. The Hall–Kier alpha value is -2.10. The molecule has 3 unspecified atom stereocenters. The van der Waals surface area contributed by atoms with Crippen LogP contribution in [0.15, 0.2) is 12.3 Å². The molecule has 5 rings (SSSR count). The molecule has 2 aliphatic heterocycles. The molecule has 0 aromatic carbocycles. The van der Waals surface area contributed by atoms with E-state index in [0.717, 1.165) is 18.5 Å². The van der Waals surface area contributed by atoms with Crippen molar-refractivity contribution in [3.63, 3.8) is 0 Å². The van der Waals surface area contributed by atoms with E-state index in [0.29, 0.717) is 23.3 Å². The molecule has 0 spiro atoms. The summed E-state index contributed by atoms with van der Waals surface area (Å²) < 4.78 is 23.3. The first kappa shape index (κ1) is 22.7. The maximum atomic E-state index is 11.0. The fourth-order valence-corrected chi connectivity index (χ4v) is 5.65. The van der Waals surface area contributed by atoms with E-state index in [4.69, 9.17) is 19.3 Å². The highest BCUT2D eigenvalue weighted by atomic mass is 31.2. The minimum atomic E-state index is -4.37. The Kier molecular flexibility index (Phi) is 5.91. The van der Waals surface area contributed by atoms with Gasteiger partial charge in [-0.15, -0.1) is 0 Å². The van der Waals surface area contributed by atoms with Crippen LogP contribution in [-0.2, 0) is 14.0 Å². The summed E-state index contributed by atoms with van der Waals surface area (Å²) in [6, 6.07) is 3.81. The lowest BCUT2D eigenvalue weighted by molar-refractivity contribution is -0.0610. The lowest BCUT2D eigenvalue weighted by atomic mass is 10.0. The van der Waals surface area contributed by atoms with Crippen LogP contribution in [0.2, 0.25) is 0 Å². The highest BCUT2D eigenvalue weighted by Gasteiger charge is 2.45. The van der Waals surface area contributed by atoms with E-state index >= 15 is 0 Å². The molecule has 2 aromatic heterocycles. The van der Waals surface area contributed by atoms with Crippen LogP contribution in [0.5, 0.6) is 0 Å². The van der Waals surface area contributed by atoms with Crippen molar-refractivity contribution < 1.29 is 34.0 Å². The lowest BCUT2D eigenvalue weighted by Gasteiger charge is -2.21. The second-order valence-electron chi connectivity index (χ2n) is 9.01. The van der Waals surface area contributed by atoms with E-state index in [-0.39, 0.29) is 12.4 Å². The average molecular weight is 479 g/mol.